The number of amides is 1. The number of nitrogens with one attached hydrogen (secondary N) is 1. The summed E-state index contributed by atoms with van der Waals surface area (Å²) in [7, 11) is 0. The Labute approximate surface area is 125 Å². The van der Waals surface area contributed by atoms with Crippen LogP contribution in [0, 0.1) is 5.41 Å². The zero-order valence-corrected chi connectivity index (χ0v) is 12.7. The van der Waals surface area contributed by atoms with Crippen molar-refractivity contribution >= 4 is 29.1 Å². The third-order valence-electron chi connectivity index (χ3n) is 2.48. The Morgan fingerprint density at radius 1 is 1.43 bits per heavy atom. The fourth-order valence-corrected chi connectivity index (χ4v) is 2.34. The molecule has 2 rings (SSSR count). The van der Waals surface area contributed by atoms with Crippen LogP contribution in [-0.2, 0) is 4.79 Å². The van der Waals surface area contributed by atoms with E-state index in [0.29, 0.717) is 5.01 Å². The Morgan fingerprint density at radius 2 is 2.14 bits per heavy atom. The summed E-state index contributed by atoms with van der Waals surface area (Å²) in [5.41, 5.74) is -0.290. The molecule has 0 saturated heterocycles. The van der Waals surface area contributed by atoms with Crippen LogP contribution in [0.25, 0.3) is 10.7 Å². The third-order valence-corrected chi connectivity index (χ3v) is 3.26. The Bertz CT molecular complexity index is 656. The highest BCUT2D eigenvalue weighted by molar-refractivity contribution is 7.13. The quantitative estimate of drug-likeness (QED) is 0.899. The number of thiazole rings is 1. The van der Waals surface area contributed by atoms with Crippen LogP contribution < -0.4 is 5.32 Å². The van der Waals surface area contributed by atoms with Gasteiger partial charge in [-0.2, -0.15) is 0 Å². The molecule has 21 heavy (non-hydrogen) atoms. The van der Waals surface area contributed by atoms with Gasteiger partial charge in [-0.1, -0.05) is 25.9 Å². The fourth-order valence-electron chi connectivity index (χ4n) is 1.71. The van der Waals surface area contributed by atoms with Gasteiger partial charge in [0.1, 0.15) is 5.01 Å². The number of carboxylic acid groups (broad SMARTS) is 1. The molecule has 0 unspecified atom stereocenters. The Hall–Kier alpha value is -2.22. The normalized spacial score (nSPS) is 11.4. The zero-order valence-electron chi connectivity index (χ0n) is 11.8. The average Bonchev–Trinajstić information content (AvgIpc) is 2.93. The van der Waals surface area contributed by atoms with E-state index in [-0.39, 0.29) is 34.9 Å². The van der Waals surface area contributed by atoms with Gasteiger partial charge >= 0.3 is 5.97 Å². The summed E-state index contributed by atoms with van der Waals surface area (Å²) in [5.74, 6) is -1.72. The number of hydrogen-bond acceptors (Lipinski definition) is 6. The lowest BCUT2D eigenvalue weighted by molar-refractivity contribution is -0.117. The molecular formula is C13H15N3O4S. The van der Waals surface area contributed by atoms with E-state index in [4.69, 9.17) is 4.52 Å². The van der Waals surface area contributed by atoms with Crippen molar-refractivity contribution in [3.05, 3.63) is 17.1 Å². The smallest absolute Gasteiger partial charge is 0.343 e. The topological polar surface area (TPSA) is 105 Å². The van der Waals surface area contributed by atoms with Crippen molar-refractivity contribution in [3.63, 3.8) is 0 Å². The molecule has 0 spiro atoms. The van der Waals surface area contributed by atoms with Crippen molar-refractivity contribution in [2.45, 2.75) is 27.2 Å². The molecule has 2 N–H and O–H groups in total. The fraction of sp³-hybridized carbons (Fsp3) is 0.385. The molecule has 0 aliphatic carbocycles. The van der Waals surface area contributed by atoms with Gasteiger partial charge in [0.2, 0.25) is 11.8 Å². The average molecular weight is 309 g/mol. The number of aromatic nitrogens is 2. The number of carboxylic acids is 1. The van der Waals surface area contributed by atoms with E-state index in [9.17, 15) is 14.7 Å². The molecule has 2 heterocycles. The van der Waals surface area contributed by atoms with Gasteiger partial charge in [-0.3, -0.25) is 10.1 Å². The first-order chi connectivity index (χ1) is 9.78. The van der Waals surface area contributed by atoms with Crippen LogP contribution in [0.4, 0.5) is 5.88 Å². The van der Waals surface area contributed by atoms with Crippen molar-refractivity contribution in [2.75, 3.05) is 5.32 Å². The minimum absolute atomic E-state index is 0.114. The number of aromatic carboxylic acids is 1. The molecule has 0 radical (unpaired) electrons. The number of rotatable bonds is 4. The minimum Gasteiger partial charge on any atom is -0.477 e. The predicted molar refractivity (Wildman–Crippen MR) is 77.3 cm³/mol. The molecule has 112 valence electrons. The molecule has 0 fully saturated rings. The van der Waals surface area contributed by atoms with Gasteiger partial charge < -0.3 is 9.63 Å². The molecule has 0 atom stereocenters. The van der Waals surface area contributed by atoms with E-state index in [2.05, 4.69) is 15.5 Å². The second-order valence-corrected chi connectivity index (χ2v) is 6.56. The van der Waals surface area contributed by atoms with Crippen LogP contribution in [0.1, 0.15) is 37.6 Å². The SMILES string of the molecule is CC(C)(C)CC(=O)Nc1onc(-c2nccs2)c1C(=O)O. The monoisotopic (exact) mass is 309 g/mol. The van der Waals surface area contributed by atoms with Crippen molar-refractivity contribution in [3.8, 4) is 10.7 Å². The minimum atomic E-state index is -1.23. The number of anilines is 1. The Morgan fingerprint density at radius 3 is 2.67 bits per heavy atom. The Balaban J connectivity index is 2.29. The summed E-state index contributed by atoms with van der Waals surface area (Å²) < 4.78 is 4.97. The van der Waals surface area contributed by atoms with E-state index in [1.54, 1.807) is 5.38 Å². The second kappa shape index (κ2) is 5.65. The third kappa shape index (κ3) is 3.66. The van der Waals surface area contributed by atoms with Crippen LogP contribution in [0.2, 0.25) is 0 Å². The van der Waals surface area contributed by atoms with Crippen molar-refractivity contribution < 1.29 is 19.2 Å². The van der Waals surface area contributed by atoms with Gasteiger partial charge in [0, 0.05) is 18.0 Å². The molecular weight excluding hydrogens is 294 g/mol. The van der Waals surface area contributed by atoms with E-state index < -0.39 is 5.97 Å². The second-order valence-electron chi connectivity index (χ2n) is 5.66. The van der Waals surface area contributed by atoms with Crippen LogP contribution in [0.5, 0.6) is 0 Å². The molecule has 2 aromatic rings. The highest BCUT2D eigenvalue weighted by Gasteiger charge is 2.27. The molecule has 0 aliphatic rings. The van der Waals surface area contributed by atoms with Crippen LogP contribution in [-0.4, -0.2) is 27.1 Å². The van der Waals surface area contributed by atoms with Gasteiger partial charge in [0.25, 0.3) is 0 Å². The lowest BCUT2D eigenvalue weighted by Gasteiger charge is -2.16. The number of carbonyl (C=O) groups is 2. The maximum absolute atomic E-state index is 11.9. The van der Waals surface area contributed by atoms with Gasteiger partial charge in [-0.15, -0.1) is 11.3 Å². The molecule has 0 aliphatic heterocycles. The largest absolute Gasteiger partial charge is 0.477 e. The van der Waals surface area contributed by atoms with E-state index in [1.165, 1.54) is 17.5 Å². The molecule has 0 saturated carbocycles. The summed E-state index contributed by atoms with van der Waals surface area (Å²) in [6, 6.07) is 0. The van der Waals surface area contributed by atoms with E-state index >= 15 is 0 Å². The van der Waals surface area contributed by atoms with Crippen LogP contribution >= 0.6 is 11.3 Å². The standard InChI is InChI=1S/C13H15N3O4S/c1-13(2,3)6-7(17)15-10-8(12(18)19)9(16-20-10)11-14-4-5-21-11/h4-5H,6H2,1-3H3,(H,15,17)(H,18,19). The molecule has 2 aromatic heterocycles. The summed E-state index contributed by atoms with van der Waals surface area (Å²) >= 11 is 1.24. The first-order valence-corrected chi connectivity index (χ1v) is 7.08. The molecule has 1 amide bonds. The van der Waals surface area contributed by atoms with E-state index in [1.807, 2.05) is 20.8 Å². The van der Waals surface area contributed by atoms with Crippen LogP contribution in [0.3, 0.4) is 0 Å². The number of carbonyl (C=O) groups excluding carboxylic acids is 1. The van der Waals surface area contributed by atoms with Gasteiger partial charge in [-0.25, -0.2) is 9.78 Å². The van der Waals surface area contributed by atoms with Gasteiger partial charge in [0.15, 0.2) is 11.3 Å². The first kappa shape index (κ1) is 15.2. The van der Waals surface area contributed by atoms with Crippen molar-refractivity contribution in [2.24, 2.45) is 5.41 Å². The maximum Gasteiger partial charge on any atom is 0.343 e. The molecule has 7 nitrogen and oxygen atoms in total. The summed E-state index contributed by atoms with van der Waals surface area (Å²) in [6.45, 7) is 5.73. The van der Waals surface area contributed by atoms with Gasteiger partial charge in [-0.05, 0) is 5.41 Å². The number of hydrogen-bond donors (Lipinski definition) is 2. The lowest BCUT2D eigenvalue weighted by atomic mass is 9.92. The zero-order chi connectivity index (χ0) is 15.6. The lowest BCUT2D eigenvalue weighted by Crippen LogP contribution is -2.20. The van der Waals surface area contributed by atoms with Gasteiger partial charge in [0.05, 0.1) is 0 Å². The van der Waals surface area contributed by atoms with Crippen LogP contribution in [0.15, 0.2) is 16.1 Å². The number of nitrogens with zero attached hydrogens (tertiary/aromatic N) is 2. The van der Waals surface area contributed by atoms with Crippen molar-refractivity contribution in [1.82, 2.24) is 10.1 Å². The predicted octanol–water partition coefficient (Wildman–Crippen LogP) is 2.87. The molecule has 8 heteroatoms. The summed E-state index contributed by atoms with van der Waals surface area (Å²) in [4.78, 5) is 27.3. The summed E-state index contributed by atoms with van der Waals surface area (Å²) in [6.07, 6.45) is 1.78. The maximum atomic E-state index is 11.9. The van der Waals surface area contributed by atoms with Crippen molar-refractivity contribution in [1.29, 1.82) is 0 Å². The molecule has 0 aromatic carbocycles. The summed E-state index contributed by atoms with van der Waals surface area (Å²) in [5, 5.41) is 17.6. The highest BCUT2D eigenvalue weighted by Crippen LogP contribution is 2.30. The van der Waals surface area contributed by atoms with E-state index in [0.717, 1.165) is 0 Å². The Kier molecular flexibility index (Phi) is 4.08. The first-order valence-electron chi connectivity index (χ1n) is 6.20. The molecule has 0 bridgehead atoms. The highest BCUT2D eigenvalue weighted by atomic mass is 32.1.